The van der Waals surface area contributed by atoms with Crippen molar-refractivity contribution in [3.05, 3.63) is 33.2 Å². The Bertz CT molecular complexity index is 853. The maximum atomic E-state index is 12.2. The van der Waals surface area contributed by atoms with Crippen LogP contribution < -0.4 is 5.56 Å². The lowest BCUT2D eigenvalue weighted by atomic mass is 10.1. The lowest BCUT2D eigenvalue weighted by molar-refractivity contribution is -0.147. The van der Waals surface area contributed by atoms with Gasteiger partial charge in [-0.2, -0.15) is 5.26 Å². The molecule has 0 radical (unpaired) electrons. The number of nitrogens with zero attached hydrogens (tertiary/aromatic N) is 3. The first-order valence-electron chi connectivity index (χ1n) is 6.72. The molecule has 1 aliphatic carbocycles. The number of aromatic nitrogens is 2. The Kier molecular flexibility index (Phi) is 3.67. The van der Waals surface area contributed by atoms with Crippen LogP contribution in [0.1, 0.15) is 30.7 Å². The molecule has 1 fully saturated rings. The normalized spacial score (nSPS) is 23.2. The Labute approximate surface area is 134 Å². The summed E-state index contributed by atoms with van der Waals surface area (Å²) in [6.07, 6.45) is 0.359. The SMILES string of the molecule is CCOC(=O)C1(C#N)CC1c1csc2nc(CCl)cc(=O)n12. The van der Waals surface area contributed by atoms with E-state index in [-0.39, 0.29) is 24.0 Å². The monoisotopic (exact) mass is 337 g/mol. The fourth-order valence-electron chi connectivity index (χ4n) is 2.57. The highest BCUT2D eigenvalue weighted by atomic mass is 35.5. The van der Waals surface area contributed by atoms with Gasteiger partial charge in [-0.05, 0) is 13.3 Å². The summed E-state index contributed by atoms with van der Waals surface area (Å²) in [7, 11) is 0. The van der Waals surface area contributed by atoms with Crippen molar-refractivity contribution in [2.75, 3.05) is 6.61 Å². The van der Waals surface area contributed by atoms with Gasteiger partial charge in [0.25, 0.3) is 5.56 Å². The van der Waals surface area contributed by atoms with Gasteiger partial charge in [-0.25, -0.2) is 4.98 Å². The number of esters is 1. The minimum Gasteiger partial charge on any atom is -0.465 e. The topological polar surface area (TPSA) is 84.5 Å². The van der Waals surface area contributed by atoms with E-state index in [2.05, 4.69) is 11.1 Å². The maximum absolute atomic E-state index is 12.2. The summed E-state index contributed by atoms with van der Waals surface area (Å²) in [6, 6.07) is 3.43. The van der Waals surface area contributed by atoms with E-state index in [1.165, 1.54) is 21.8 Å². The molecule has 0 aliphatic heterocycles. The van der Waals surface area contributed by atoms with Gasteiger partial charge in [-0.15, -0.1) is 22.9 Å². The molecule has 114 valence electrons. The quantitative estimate of drug-likeness (QED) is 0.629. The van der Waals surface area contributed by atoms with Crippen molar-refractivity contribution >= 4 is 33.9 Å². The van der Waals surface area contributed by atoms with Gasteiger partial charge in [0.1, 0.15) is 0 Å². The Morgan fingerprint density at radius 1 is 1.73 bits per heavy atom. The summed E-state index contributed by atoms with van der Waals surface area (Å²) in [5.74, 6) is -0.709. The Morgan fingerprint density at radius 3 is 3.14 bits per heavy atom. The third-order valence-electron chi connectivity index (χ3n) is 3.78. The summed E-state index contributed by atoms with van der Waals surface area (Å²) in [6.45, 7) is 1.92. The zero-order valence-electron chi connectivity index (χ0n) is 11.7. The molecule has 0 amide bonds. The van der Waals surface area contributed by atoms with Crippen molar-refractivity contribution in [1.82, 2.24) is 9.38 Å². The zero-order valence-corrected chi connectivity index (χ0v) is 13.3. The Morgan fingerprint density at radius 2 is 2.50 bits per heavy atom. The predicted molar refractivity (Wildman–Crippen MR) is 80.9 cm³/mol. The van der Waals surface area contributed by atoms with Crippen molar-refractivity contribution < 1.29 is 9.53 Å². The minimum absolute atomic E-state index is 0.160. The molecular weight excluding hydrogens is 326 g/mol. The van der Waals surface area contributed by atoms with Crippen LogP contribution in [0.3, 0.4) is 0 Å². The average molecular weight is 338 g/mol. The molecule has 3 rings (SSSR count). The fraction of sp³-hybridized carbons (Fsp3) is 0.429. The minimum atomic E-state index is -1.19. The van der Waals surface area contributed by atoms with Crippen molar-refractivity contribution in [3.8, 4) is 6.07 Å². The number of rotatable bonds is 4. The number of fused-ring (bicyclic) bond motifs is 1. The van der Waals surface area contributed by atoms with Crippen molar-refractivity contribution in [2.45, 2.75) is 25.1 Å². The van der Waals surface area contributed by atoms with Crippen LogP contribution in [0.4, 0.5) is 0 Å². The molecule has 8 heteroatoms. The van der Waals surface area contributed by atoms with Gasteiger partial charge in [-0.1, -0.05) is 0 Å². The van der Waals surface area contributed by atoms with Crippen LogP contribution >= 0.6 is 22.9 Å². The molecule has 1 aliphatic rings. The number of halogens is 1. The highest BCUT2D eigenvalue weighted by Crippen LogP contribution is 2.59. The molecule has 0 aromatic carbocycles. The second-order valence-electron chi connectivity index (χ2n) is 5.06. The van der Waals surface area contributed by atoms with Crippen LogP contribution in [-0.2, 0) is 15.4 Å². The van der Waals surface area contributed by atoms with Crippen LogP contribution in [0.5, 0.6) is 0 Å². The van der Waals surface area contributed by atoms with Crippen LogP contribution in [-0.4, -0.2) is 22.0 Å². The highest BCUT2D eigenvalue weighted by molar-refractivity contribution is 7.15. The summed E-state index contributed by atoms with van der Waals surface area (Å²) in [4.78, 5) is 29.1. The molecule has 2 atom stereocenters. The highest BCUT2D eigenvalue weighted by Gasteiger charge is 2.64. The maximum Gasteiger partial charge on any atom is 0.327 e. The van der Waals surface area contributed by atoms with Gasteiger partial charge in [0, 0.05) is 23.1 Å². The van der Waals surface area contributed by atoms with E-state index in [0.29, 0.717) is 22.8 Å². The Hall–Kier alpha value is -1.91. The van der Waals surface area contributed by atoms with E-state index >= 15 is 0 Å². The van der Waals surface area contributed by atoms with Gasteiger partial charge in [-0.3, -0.25) is 14.0 Å². The van der Waals surface area contributed by atoms with Crippen LogP contribution in [0.25, 0.3) is 4.96 Å². The van der Waals surface area contributed by atoms with E-state index in [1.807, 2.05) is 0 Å². The summed E-state index contributed by atoms with van der Waals surface area (Å²) >= 11 is 7.01. The molecular formula is C14H12ClN3O3S. The van der Waals surface area contributed by atoms with E-state index in [1.54, 1.807) is 12.3 Å². The van der Waals surface area contributed by atoms with Gasteiger partial charge in [0.2, 0.25) is 0 Å². The number of hydrogen-bond donors (Lipinski definition) is 0. The average Bonchev–Trinajstić information content (AvgIpc) is 3.11. The van der Waals surface area contributed by atoms with Gasteiger partial charge < -0.3 is 4.74 Å². The van der Waals surface area contributed by atoms with Crippen LogP contribution in [0.2, 0.25) is 0 Å². The van der Waals surface area contributed by atoms with Crippen molar-refractivity contribution in [2.24, 2.45) is 5.41 Å². The molecule has 2 heterocycles. The number of nitriles is 1. The Balaban J connectivity index is 2.05. The number of ether oxygens (including phenoxy) is 1. The molecule has 2 aromatic heterocycles. The molecule has 2 aromatic rings. The molecule has 2 unspecified atom stereocenters. The molecule has 0 bridgehead atoms. The van der Waals surface area contributed by atoms with Gasteiger partial charge >= 0.3 is 5.97 Å². The summed E-state index contributed by atoms with van der Waals surface area (Å²) in [5, 5.41) is 11.1. The number of hydrogen-bond acceptors (Lipinski definition) is 6. The summed E-state index contributed by atoms with van der Waals surface area (Å²) in [5.41, 5.74) is -0.297. The van der Waals surface area contributed by atoms with E-state index in [9.17, 15) is 14.9 Å². The molecule has 1 saturated carbocycles. The molecule has 0 N–H and O–H groups in total. The van der Waals surface area contributed by atoms with Gasteiger partial charge in [0.15, 0.2) is 10.4 Å². The number of carbonyl (C=O) groups excluding carboxylic acids is 1. The fourth-order valence-corrected chi connectivity index (χ4v) is 3.67. The smallest absolute Gasteiger partial charge is 0.327 e. The van der Waals surface area contributed by atoms with E-state index in [4.69, 9.17) is 16.3 Å². The molecule has 22 heavy (non-hydrogen) atoms. The first-order chi connectivity index (χ1) is 10.6. The lowest BCUT2D eigenvalue weighted by Gasteiger charge is -2.07. The third kappa shape index (κ3) is 2.11. The standard InChI is InChI=1S/C14H12ClN3O3S/c1-2-21-12(20)14(7-16)4-9(14)10-6-22-13-17-8(5-15)3-11(19)18(10)13/h3,6,9H,2,4-5H2,1H3. The van der Waals surface area contributed by atoms with Crippen molar-refractivity contribution in [3.63, 3.8) is 0 Å². The molecule has 6 nitrogen and oxygen atoms in total. The first kappa shape index (κ1) is 15.0. The number of alkyl halides is 1. The first-order valence-corrected chi connectivity index (χ1v) is 8.13. The lowest BCUT2D eigenvalue weighted by Crippen LogP contribution is -2.21. The molecule has 0 saturated heterocycles. The summed E-state index contributed by atoms with van der Waals surface area (Å²) < 4.78 is 6.44. The van der Waals surface area contributed by atoms with E-state index in [0.717, 1.165) is 0 Å². The van der Waals surface area contributed by atoms with Crippen molar-refractivity contribution in [1.29, 1.82) is 5.26 Å². The predicted octanol–water partition coefficient (Wildman–Crippen LogP) is 2.06. The zero-order chi connectivity index (χ0) is 15.9. The van der Waals surface area contributed by atoms with Gasteiger partial charge in [0.05, 0.1) is 24.3 Å². The number of thiazole rings is 1. The molecule has 0 spiro atoms. The third-order valence-corrected chi connectivity index (χ3v) is 4.90. The number of carbonyl (C=O) groups is 1. The van der Waals surface area contributed by atoms with Crippen LogP contribution in [0, 0.1) is 16.7 Å². The van der Waals surface area contributed by atoms with Crippen LogP contribution in [0.15, 0.2) is 16.2 Å². The van der Waals surface area contributed by atoms with E-state index < -0.39 is 11.4 Å². The second kappa shape index (κ2) is 5.38. The second-order valence-corrected chi connectivity index (χ2v) is 6.16. The largest absolute Gasteiger partial charge is 0.465 e.